The Labute approximate surface area is 177 Å². The lowest BCUT2D eigenvalue weighted by atomic mass is 10.2. The highest BCUT2D eigenvalue weighted by Crippen LogP contribution is 2.26. The van der Waals surface area contributed by atoms with E-state index in [-0.39, 0.29) is 21.4 Å². The molecule has 1 amide bonds. The quantitative estimate of drug-likeness (QED) is 0.592. The Morgan fingerprint density at radius 1 is 1.14 bits per heavy atom. The summed E-state index contributed by atoms with van der Waals surface area (Å²) in [5, 5.41) is 0.239. The zero-order valence-electron chi connectivity index (χ0n) is 16.4. The van der Waals surface area contributed by atoms with Crippen molar-refractivity contribution in [3.8, 4) is 5.75 Å². The minimum absolute atomic E-state index is 0.105. The van der Waals surface area contributed by atoms with Gasteiger partial charge in [0.15, 0.2) is 0 Å². The van der Waals surface area contributed by atoms with Gasteiger partial charge in [-0.25, -0.2) is 8.42 Å². The predicted octanol–water partition coefficient (Wildman–Crippen LogP) is 3.67. The van der Waals surface area contributed by atoms with Crippen LogP contribution < -0.4 is 4.74 Å². The third kappa shape index (κ3) is 5.29. The molecule has 0 atom stereocenters. The number of nitrogens with zero attached hydrogens (tertiary/aromatic N) is 2. The second kappa shape index (κ2) is 9.61. The van der Waals surface area contributed by atoms with Gasteiger partial charge >= 0.3 is 0 Å². The van der Waals surface area contributed by atoms with Gasteiger partial charge in [-0.1, -0.05) is 29.8 Å². The van der Waals surface area contributed by atoms with E-state index in [1.54, 1.807) is 7.05 Å². The smallest absolute Gasteiger partial charge is 0.255 e. The summed E-state index contributed by atoms with van der Waals surface area (Å²) in [7, 11) is -1.94. The number of sulfonamides is 1. The van der Waals surface area contributed by atoms with Crippen molar-refractivity contribution in [3.05, 3.63) is 59.1 Å². The lowest BCUT2D eigenvalue weighted by Gasteiger charge is -2.20. The average Bonchev–Trinajstić information content (AvgIpc) is 3.27. The molecular weight excluding hydrogens is 412 g/mol. The van der Waals surface area contributed by atoms with E-state index in [1.807, 2.05) is 30.3 Å². The first kappa shape index (κ1) is 21.6. The number of hydrogen-bond donors (Lipinski definition) is 0. The van der Waals surface area contributed by atoms with Gasteiger partial charge < -0.3 is 9.64 Å². The Hall–Kier alpha value is -2.09. The predicted molar refractivity (Wildman–Crippen MR) is 113 cm³/mol. The molecule has 0 spiro atoms. The summed E-state index contributed by atoms with van der Waals surface area (Å²) < 4.78 is 32.6. The number of amides is 1. The van der Waals surface area contributed by atoms with Crippen LogP contribution in [0, 0.1) is 0 Å². The topological polar surface area (TPSA) is 66.9 Å². The monoisotopic (exact) mass is 436 g/mol. The van der Waals surface area contributed by atoms with Gasteiger partial charge in [-0.15, -0.1) is 0 Å². The number of rotatable bonds is 8. The van der Waals surface area contributed by atoms with Gasteiger partial charge in [-0.2, -0.15) is 4.31 Å². The van der Waals surface area contributed by atoms with Gasteiger partial charge in [-0.3, -0.25) is 4.79 Å². The van der Waals surface area contributed by atoms with Crippen molar-refractivity contribution in [1.82, 2.24) is 9.21 Å². The molecular formula is C21H25ClN2O4S. The van der Waals surface area contributed by atoms with Crippen molar-refractivity contribution >= 4 is 27.5 Å². The number of para-hydroxylation sites is 1. The van der Waals surface area contributed by atoms with E-state index >= 15 is 0 Å². The number of ether oxygens (including phenoxy) is 1. The normalized spacial score (nSPS) is 14.7. The molecule has 0 aromatic heterocycles. The summed E-state index contributed by atoms with van der Waals surface area (Å²) in [6, 6.07) is 13.8. The summed E-state index contributed by atoms with van der Waals surface area (Å²) in [4.78, 5) is 14.5. The van der Waals surface area contributed by atoms with Crippen LogP contribution in [0.1, 0.15) is 29.6 Å². The largest absolute Gasteiger partial charge is 0.494 e. The van der Waals surface area contributed by atoms with Crippen molar-refractivity contribution in [2.75, 3.05) is 33.3 Å². The standard InChI is InChI=1S/C21H25ClN2O4S/c1-23(12-7-15-28-17-8-3-2-4-9-17)21(25)19-16-18(10-11-20(19)22)29(26,27)24-13-5-6-14-24/h2-4,8-11,16H,5-7,12-15H2,1H3. The van der Waals surface area contributed by atoms with Crippen LogP contribution in [0.25, 0.3) is 0 Å². The summed E-state index contributed by atoms with van der Waals surface area (Å²) in [5.41, 5.74) is 0.193. The molecule has 3 rings (SSSR count). The Kier molecular flexibility index (Phi) is 7.16. The van der Waals surface area contributed by atoms with Gasteiger partial charge in [0.1, 0.15) is 5.75 Å². The van der Waals surface area contributed by atoms with Crippen LogP contribution in [-0.2, 0) is 10.0 Å². The number of halogens is 1. The maximum absolute atomic E-state index is 12.8. The van der Waals surface area contributed by atoms with E-state index < -0.39 is 10.0 Å². The minimum Gasteiger partial charge on any atom is -0.494 e. The molecule has 1 aliphatic heterocycles. The molecule has 8 heteroatoms. The van der Waals surface area contributed by atoms with Crippen LogP contribution in [0.2, 0.25) is 5.02 Å². The van der Waals surface area contributed by atoms with Crippen LogP contribution in [0.15, 0.2) is 53.4 Å². The number of carbonyl (C=O) groups is 1. The third-order valence-electron chi connectivity index (χ3n) is 4.87. The third-order valence-corrected chi connectivity index (χ3v) is 7.09. The van der Waals surface area contributed by atoms with Gasteiger partial charge in [0.25, 0.3) is 5.91 Å². The zero-order valence-corrected chi connectivity index (χ0v) is 18.0. The molecule has 6 nitrogen and oxygen atoms in total. The maximum atomic E-state index is 12.8. The molecule has 156 valence electrons. The fourth-order valence-electron chi connectivity index (χ4n) is 3.22. The van der Waals surface area contributed by atoms with Crippen molar-refractivity contribution in [2.45, 2.75) is 24.2 Å². The van der Waals surface area contributed by atoms with Crippen molar-refractivity contribution in [3.63, 3.8) is 0 Å². The molecule has 0 bridgehead atoms. The number of carbonyl (C=O) groups excluding carboxylic acids is 1. The van der Waals surface area contributed by atoms with Crippen LogP contribution in [0.5, 0.6) is 5.75 Å². The van der Waals surface area contributed by atoms with Crippen LogP contribution >= 0.6 is 11.6 Å². The zero-order chi connectivity index (χ0) is 20.9. The molecule has 1 heterocycles. The number of benzene rings is 2. The van der Waals surface area contributed by atoms with Crippen molar-refractivity contribution < 1.29 is 17.9 Å². The fraction of sp³-hybridized carbons (Fsp3) is 0.381. The van der Waals surface area contributed by atoms with Crippen molar-refractivity contribution in [2.24, 2.45) is 0 Å². The van der Waals surface area contributed by atoms with Gasteiger partial charge in [-0.05, 0) is 49.6 Å². The lowest BCUT2D eigenvalue weighted by Crippen LogP contribution is -2.30. The number of hydrogen-bond acceptors (Lipinski definition) is 4. The van der Waals surface area contributed by atoms with Gasteiger partial charge in [0.2, 0.25) is 10.0 Å². The molecule has 2 aromatic carbocycles. The molecule has 0 saturated carbocycles. The lowest BCUT2D eigenvalue weighted by molar-refractivity contribution is 0.0788. The summed E-state index contributed by atoms with van der Waals surface area (Å²) in [6.45, 7) is 1.95. The Morgan fingerprint density at radius 2 is 1.83 bits per heavy atom. The van der Waals surface area contributed by atoms with E-state index in [2.05, 4.69) is 0 Å². The van der Waals surface area contributed by atoms with E-state index in [0.717, 1.165) is 18.6 Å². The second-order valence-electron chi connectivity index (χ2n) is 6.99. The molecule has 29 heavy (non-hydrogen) atoms. The van der Waals surface area contributed by atoms with E-state index in [9.17, 15) is 13.2 Å². The molecule has 1 aliphatic rings. The van der Waals surface area contributed by atoms with Gasteiger partial charge in [0, 0.05) is 26.7 Å². The molecule has 0 radical (unpaired) electrons. The fourth-order valence-corrected chi connectivity index (χ4v) is 4.96. The summed E-state index contributed by atoms with van der Waals surface area (Å²) >= 11 is 6.21. The van der Waals surface area contributed by atoms with Crippen molar-refractivity contribution in [1.29, 1.82) is 0 Å². The molecule has 1 saturated heterocycles. The second-order valence-corrected chi connectivity index (χ2v) is 9.34. The highest BCUT2D eigenvalue weighted by atomic mass is 35.5. The Morgan fingerprint density at radius 3 is 2.52 bits per heavy atom. The van der Waals surface area contributed by atoms with Crippen LogP contribution in [-0.4, -0.2) is 56.8 Å². The molecule has 0 unspecified atom stereocenters. The first-order valence-corrected chi connectivity index (χ1v) is 11.4. The molecule has 1 fully saturated rings. The first-order chi connectivity index (χ1) is 13.9. The SMILES string of the molecule is CN(CCCOc1ccccc1)C(=O)c1cc(S(=O)(=O)N2CCCC2)ccc1Cl. The van der Waals surface area contributed by atoms with Crippen LogP contribution in [0.3, 0.4) is 0 Å². The Balaban J connectivity index is 1.63. The summed E-state index contributed by atoms with van der Waals surface area (Å²) in [5.74, 6) is 0.470. The minimum atomic E-state index is -3.60. The molecule has 2 aromatic rings. The maximum Gasteiger partial charge on any atom is 0.255 e. The van der Waals surface area contributed by atoms with E-state index in [4.69, 9.17) is 16.3 Å². The highest BCUT2D eigenvalue weighted by molar-refractivity contribution is 7.89. The first-order valence-electron chi connectivity index (χ1n) is 9.62. The molecule has 0 aliphatic carbocycles. The van der Waals surface area contributed by atoms with Gasteiger partial charge in [0.05, 0.1) is 22.1 Å². The summed E-state index contributed by atoms with van der Waals surface area (Å²) in [6.07, 6.45) is 2.35. The van der Waals surface area contributed by atoms with E-state index in [0.29, 0.717) is 32.7 Å². The average molecular weight is 437 g/mol. The highest BCUT2D eigenvalue weighted by Gasteiger charge is 2.28. The van der Waals surface area contributed by atoms with Crippen LogP contribution in [0.4, 0.5) is 0 Å². The van der Waals surface area contributed by atoms with E-state index in [1.165, 1.54) is 27.4 Å². The Bertz CT molecular complexity index is 944. The molecule has 0 N–H and O–H groups in total.